The lowest BCUT2D eigenvalue weighted by Gasteiger charge is -2.16. The fourth-order valence-corrected chi connectivity index (χ4v) is 4.36. The van der Waals surface area contributed by atoms with Crippen LogP contribution < -0.4 is 10.0 Å². The number of imidazole rings is 1. The minimum atomic E-state index is -3.51. The van der Waals surface area contributed by atoms with Crippen LogP contribution in [0.4, 0.5) is 5.69 Å². The standard InChI is InChI=1S/C25H26N4O3S/c1-18(20-11-7-4-8-12-20)27-25(30)22-15-21(28-33(2,31)32)16-23-24(22)29(17-26-23)14-13-19-9-5-3-6-10-19/h3-12,15-18,28H,13-14H2,1-2H3,(H,27,30)/t18-/m0/s1. The number of carbonyl (C=O) groups excluding carboxylic acids is 1. The van der Waals surface area contributed by atoms with E-state index in [-0.39, 0.29) is 11.9 Å². The first-order valence-electron chi connectivity index (χ1n) is 10.7. The number of fused-ring (bicyclic) bond motifs is 1. The number of hydrogen-bond acceptors (Lipinski definition) is 4. The van der Waals surface area contributed by atoms with Crippen molar-refractivity contribution in [3.8, 4) is 0 Å². The van der Waals surface area contributed by atoms with E-state index in [4.69, 9.17) is 0 Å². The SMILES string of the molecule is C[C@H](NC(=O)c1cc(NS(C)(=O)=O)cc2ncn(CCc3ccccc3)c12)c1ccccc1. The van der Waals surface area contributed by atoms with Gasteiger partial charge in [-0.25, -0.2) is 13.4 Å². The summed E-state index contributed by atoms with van der Waals surface area (Å²) in [5, 5.41) is 3.03. The molecule has 0 aliphatic heterocycles. The Labute approximate surface area is 193 Å². The van der Waals surface area contributed by atoms with Gasteiger partial charge in [0.1, 0.15) is 0 Å². The van der Waals surface area contributed by atoms with E-state index in [1.54, 1.807) is 18.5 Å². The minimum Gasteiger partial charge on any atom is -0.345 e. The number of benzene rings is 3. The van der Waals surface area contributed by atoms with Crippen molar-refractivity contribution >= 4 is 32.7 Å². The Morgan fingerprint density at radius 1 is 1.03 bits per heavy atom. The average Bonchev–Trinajstić information content (AvgIpc) is 3.20. The van der Waals surface area contributed by atoms with Gasteiger partial charge < -0.3 is 9.88 Å². The summed E-state index contributed by atoms with van der Waals surface area (Å²) in [6, 6.07) is 22.7. The fourth-order valence-electron chi connectivity index (χ4n) is 3.82. The number of nitrogens with zero attached hydrogens (tertiary/aromatic N) is 2. The Balaban J connectivity index is 1.70. The van der Waals surface area contributed by atoms with Crippen LogP contribution in [0.25, 0.3) is 11.0 Å². The molecule has 1 atom stereocenters. The smallest absolute Gasteiger partial charge is 0.254 e. The van der Waals surface area contributed by atoms with Gasteiger partial charge in [0.15, 0.2) is 0 Å². The van der Waals surface area contributed by atoms with E-state index in [0.29, 0.717) is 28.8 Å². The van der Waals surface area contributed by atoms with E-state index in [1.807, 2.05) is 60.0 Å². The van der Waals surface area contributed by atoms with Crippen molar-refractivity contribution in [1.29, 1.82) is 0 Å². The van der Waals surface area contributed by atoms with Crippen LogP contribution in [0.15, 0.2) is 79.1 Å². The molecular formula is C25H26N4O3S. The summed E-state index contributed by atoms with van der Waals surface area (Å²) in [4.78, 5) is 17.8. The van der Waals surface area contributed by atoms with Crippen LogP contribution in [0, 0.1) is 0 Å². The number of aryl methyl sites for hydroxylation is 2. The van der Waals surface area contributed by atoms with Gasteiger partial charge in [0.25, 0.3) is 5.91 Å². The van der Waals surface area contributed by atoms with Gasteiger partial charge in [0, 0.05) is 6.54 Å². The van der Waals surface area contributed by atoms with Crippen LogP contribution in [-0.2, 0) is 23.0 Å². The number of hydrogen-bond donors (Lipinski definition) is 2. The molecule has 3 aromatic carbocycles. The zero-order valence-corrected chi connectivity index (χ0v) is 19.3. The predicted molar refractivity (Wildman–Crippen MR) is 131 cm³/mol. The summed E-state index contributed by atoms with van der Waals surface area (Å²) >= 11 is 0. The van der Waals surface area contributed by atoms with E-state index in [9.17, 15) is 13.2 Å². The highest BCUT2D eigenvalue weighted by Gasteiger charge is 2.19. The zero-order chi connectivity index (χ0) is 23.4. The van der Waals surface area contributed by atoms with Gasteiger partial charge in [0.05, 0.1) is 40.9 Å². The second-order valence-corrected chi connectivity index (χ2v) is 9.79. The van der Waals surface area contributed by atoms with E-state index in [0.717, 1.165) is 18.2 Å². The fraction of sp³-hybridized carbons (Fsp3) is 0.200. The maximum Gasteiger partial charge on any atom is 0.254 e. The molecule has 4 aromatic rings. The zero-order valence-electron chi connectivity index (χ0n) is 18.5. The van der Waals surface area contributed by atoms with Crippen LogP contribution in [0.5, 0.6) is 0 Å². The lowest BCUT2D eigenvalue weighted by atomic mass is 10.1. The molecule has 4 rings (SSSR count). The number of sulfonamides is 1. The van der Waals surface area contributed by atoms with Gasteiger partial charge in [-0.1, -0.05) is 60.7 Å². The molecular weight excluding hydrogens is 436 g/mol. The predicted octanol–water partition coefficient (Wildman–Crippen LogP) is 4.14. The first-order chi connectivity index (χ1) is 15.8. The molecule has 1 amide bonds. The van der Waals surface area contributed by atoms with Crippen molar-refractivity contribution in [2.75, 3.05) is 11.0 Å². The number of amides is 1. The van der Waals surface area contributed by atoms with Crippen molar-refractivity contribution in [2.24, 2.45) is 0 Å². The van der Waals surface area contributed by atoms with Crippen LogP contribution in [0.3, 0.4) is 0 Å². The topological polar surface area (TPSA) is 93.1 Å². The van der Waals surface area contributed by atoms with Crippen molar-refractivity contribution in [1.82, 2.24) is 14.9 Å². The van der Waals surface area contributed by atoms with Crippen molar-refractivity contribution in [2.45, 2.75) is 25.9 Å². The lowest BCUT2D eigenvalue weighted by Crippen LogP contribution is -2.27. The van der Waals surface area contributed by atoms with Crippen LogP contribution >= 0.6 is 0 Å². The molecule has 170 valence electrons. The highest BCUT2D eigenvalue weighted by molar-refractivity contribution is 7.92. The summed E-state index contributed by atoms with van der Waals surface area (Å²) in [6.45, 7) is 2.55. The summed E-state index contributed by atoms with van der Waals surface area (Å²) in [5.41, 5.74) is 4.04. The summed E-state index contributed by atoms with van der Waals surface area (Å²) in [6.07, 6.45) is 3.54. The van der Waals surface area contributed by atoms with E-state index < -0.39 is 10.0 Å². The third-order valence-electron chi connectivity index (χ3n) is 5.39. The third kappa shape index (κ3) is 5.59. The third-order valence-corrected chi connectivity index (χ3v) is 6.00. The Morgan fingerprint density at radius 3 is 2.36 bits per heavy atom. The van der Waals surface area contributed by atoms with Crippen molar-refractivity contribution in [3.05, 3.63) is 95.8 Å². The molecule has 0 aliphatic carbocycles. The highest BCUT2D eigenvalue weighted by atomic mass is 32.2. The lowest BCUT2D eigenvalue weighted by molar-refractivity contribution is 0.0941. The monoisotopic (exact) mass is 462 g/mol. The van der Waals surface area contributed by atoms with Crippen molar-refractivity contribution in [3.63, 3.8) is 0 Å². The maximum absolute atomic E-state index is 13.4. The largest absolute Gasteiger partial charge is 0.345 e. The van der Waals surface area contributed by atoms with E-state index in [1.165, 1.54) is 5.56 Å². The van der Waals surface area contributed by atoms with Crippen LogP contribution in [0.2, 0.25) is 0 Å². The number of rotatable bonds is 8. The first-order valence-corrected chi connectivity index (χ1v) is 12.6. The van der Waals surface area contributed by atoms with Gasteiger partial charge in [-0.2, -0.15) is 0 Å². The van der Waals surface area contributed by atoms with Gasteiger partial charge in [0.2, 0.25) is 10.0 Å². The molecule has 2 N–H and O–H groups in total. The normalized spacial score (nSPS) is 12.4. The maximum atomic E-state index is 13.4. The Hall–Kier alpha value is -3.65. The molecule has 0 fully saturated rings. The number of nitrogens with one attached hydrogen (secondary N) is 2. The van der Waals surface area contributed by atoms with Crippen molar-refractivity contribution < 1.29 is 13.2 Å². The summed E-state index contributed by atoms with van der Waals surface area (Å²) < 4.78 is 28.0. The van der Waals surface area contributed by atoms with Crippen LogP contribution in [0.1, 0.15) is 34.5 Å². The Morgan fingerprint density at radius 2 is 1.70 bits per heavy atom. The van der Waals surface area contributed by atoms with Gasteiger partial charge in [-0.05, 0) is 36.6 Å². The van der Waals surface area contributed by atoms with E-state index >= 15 is 0 Å². The molecule has 1 aromatic heterocycles. The molecule has 33 heavy (non-hydrogen) atoms. The molecule has 0 saturated carbocycles. The molecule has 0 radical (unpaired) electrons. The Bertz CT molecular complexity index is 1370. The molecule has 0 unspecified atom stereocenters. The molecule has 7 nitrogen and oxygen atoms in total. The van der Waals surface area contributed by atoms with E-state index in [2.05, 4.69) is 27.2 Å². The molecule has 0 saturated heterocycles. The molecule has 1 heterocycles. The van der Waals surface area contributed by atoms with Gasteiger partial charge in [-0.15, -0.1) is 0 Å². The number of aromatic nitrogens is 2. The quantitative estimate of drug-likeness (QED) is 0.412. The second-order valence-electron chi connectivity index (χ2n) is 8.05. The molecule has 0 spiro atoms. The minimum absolute atomic E-state index is 0.221. The first kappa shape index (κ1) is 22.5. The van der Waals surface area contributed by atoms with Gasteiger partial charge >= 0.3 is 0 Å². The Kier molecular flexibility index (Phi) is 6.46. The second kappa shape index (κ2) is 9.46. The summed E-state index contributed by atoms with van der Waals surface area (Å²) in [5.74, 6) is -0.296. The highest BCUT2D eigenvalue weighted by Crippen LogP contribution is 2.25. The molecule has 8 heteroatoms. The molecule has 0 bridgehead atoms. The number of carbonyl (C=O) groups is 1. The number of anilines is 1. The average molecular weight is 463 g/mol. The molecule has 0 aliphatic rings. The summed E-state index contributed by atoms with van der Waals surface area (Å²) in [7, 11) is -3.51. The van der Waals surface area contributed by atoms with Gasteiger partial charge in [-0.3, -0.25) is 9.52 Å². The van der Waals surface area contributed by atoms with Crippen LogP contribution in [-0.4, -0.2) is 30.1 Å².